The molecular weight excluding hydrogens is 616 g/mol. The van der Waals surface area contributed by atoms with Crippen molar-refractivity contribution >= 4 is 35.8 Å². The van der Waals surface area contributed by atoms with Crippen molar-refractivity contribution in [1.82, 2.24) is 0 Å². The summed E-state index contributed by atoms with van der Waals surface area (Å²) in [6.45, 7) is 14.8. The van der Waals surface area contributed by atoms with Crippen molar-refractivity contribution in [2.75, 3.05) is 6.61 Å². The summed E-state index contributed by atoms with van der Waals surface area (Å²) in [5, 5.41) is 0. The fourth-order valence-corrected chi connectivity index (χ4v) is 9.22. The van der Waals surface area contributed by atoms with Crippen molar-refractivity contribution in [2.24, 2.45) is 29.1 Å². The summed E-state index contributed by atoms with van der Waals surface area (Å²) in [6.07, 6.45) is -0.717. The van der Waals surface area contributed by atoms with Gasteiger partial charge < -0.3 is 33.2 Å². The zero-order valence-electron chi connectivity index (χ0n) is 28.9. The molecule has 47 heavy (non-hydrogen) atoms. The Morgan fingerprint density at radius 3 is 2.00 bits per heavy atom. The third-order valence-corrected chi connectivity index (χ3v) is 10.3. The van der Waals surface area contributed by atoms with E-state index in [9.17, 15) is 28.8 Å². The van der Waals surface area contributed by atoms with Gasteiger partial charge in [0.2, 0.25) is 0 Å². The first-order valence-electron chi connectivity index (χ1n) is 16.2. The SMILES string of the molecule is CCCC(=O)O[C@H]1[C@]2(C)OC[C@@]3([C@H](OC(C)=O)[C@H]4[C@H](OC(C)=O)[C@@H](C)C[C@@]41OC(C)=O)[C@H](OC(C)=O)C=C[C@H](C(C)(C)OC(C)=O)[C@@H]23. The van der Waals surface area contributed by atoms with Gasteiger partial charge in [-0.1, -0.05) is 19.9 Å². The minimum atomic E-state index is -1.74. The van der Waals surface area contributed by atoms with Crippen molar-refractivity contribution in [3.63, 3.8) is 0 Å². The van der Waals surface area contributed by atoms with Crippen molar-refractivity contribution in [1.29, 1.82) is 0 Å². The number of hydrogen-bond acceptors (Lipinski definition) is 13. The predicted molar refractivity (Wildman–Crippen MR) is 162 cm³/mol. The molecule has 1 aliphatic heterocycles. The highest BCUT2D eigenvalue weighted by atomic mass is 16.6. The van der Waals surface area contributed by atoms with E-state index in [1.54, 1.807) is 39.8 Å². The second-order valence-corrected chi connectivity index (χ2v) is 14.2. The summed E-state index contributed by atoms with van der Waals surface area (Å²) in [7, 11) is 0. The van der Waals surface area contributed by atoms with Crippen LogP contribution in [0.3, 0.4) is 0 Å². The molecule has 2 saturated carbocycles. The van der Waals surface area contributed by atoms with Gasteiger partial charge in [0, 0.05) is 52.9 Å². The second kappa shape index (κ2) is 12.9. The highest BCUT2D eigenvalue weighted by Gasteiger charge is 2.82. The lowest BCUT2D eigenvalue weighted by Crippen LogP contribution is -2.64. The van der Waals surface area contributed by atoms with Gasteiger partial charge in [-0.15, -0.1) is 0 Å². The molecule has 3 aliphatic carbocycles. The number of hydrogen-bond donors (Lipinski definition) is 0. The summed E-state index contributed by atoms with van der Waals surface area (Å²) >= 11 is 0. The average Bonchev–Trinajstić information content (AvgIpc) is 3.35. The Morgan fingerprint density at radius 1 is 0.851 bits per heavy atom. The maximum Gasteiger partial charge on any atom is 0.306 e. The van der Waals surface area contributed by atoms with Crippen LogP contribution in [0.15, 0.2) is 12.2 Å². The number of esters is 6. The maximum absolute atomic E-state index is 13.5. The van der Waals surface area contributed by atoms with E-state index in [1.165, 1.54) is 34.6 Å². The molecule has 13 heteroatoms. The number of carbonyl (C=O) groups is 6. The molecule has 13 nitrogen and oxygen atoms in total. The first-order chi connectivity index (χ1) is 21.8. The highest BCUT2D eigenvalue weighted by molar-refractivity contribution is 5.71. The normalized spacial score (nSPS) is 38.6. The first-order valence-corrected chi connectivity index (χ1v) is 16.2. The van der Waals surface area contributed by atoms with Crippen LogP contribution in [0, 0.1) is 29.1 Å². The van der Waals surface area contributed by atoms with Crippen LogP contribution in [-0.2, 0) is 61.9 Å². The summed E-state index contributed by atoms with van der Waals surface area (Å²) in [4.78, 5) is 77.4. The van der Waals surface area contributed by atoms with Gasteiger partial charge in [-0.05, 0) is 45.6 Å². The molecular formula is C34H48O13. The van der Waals surface area contributed by atoms with Gasteiger partial charge in [-0.3, -0.25) is 28.8 Å². The van der Waals surface area contributed by atoms with Gasteiger partial charge in [0.1, 0.15) is 29.5 Å². The molecule has 0 aromatic heterocycles. The molecule has 262 valence electrons. The number of rotatable bonds is 9. The number of fused-ring (bicyclic) bond motifs is 1. The third kappa shape index (κ3) is 6.15. The zero-order valence-corrected chi connectivity index (χ0v) is 28.9. The topological polar surface area (TPSA) is 167 Å². The lowest BCUT2D eigenvalue weighted by molar-refractivity contribution is -0.247. The monoisotopic (exact) mass is 664 g/mol. The first kappa shape index (κ1) is 36.4. The van der Waals surface area contributed by atoms with Gasteiger partial charge in [0.25, 0.3) is 0 Å². The van der Waals surface area contributed by atoms with E-state index in [0.717, 1.165) is 0 Å². The third-order valence-electron chi connectivity index (χ3n) is 10.3. The van der Waals surface area contributed by atoms with Gasteiger partial charge >= 0.3 is 35.8 Å². The standard InChI is InChI=1S/C34H48O13/c1-11-12-25(40)45-30-32(10)28-23(31(8,9)46-21(6)38)13-14-24(42-18(3)35)33(28,16-41-32)29(44-20(5)37)26-27(43-19(4)36)17(2)15-34(26,30)47-22(7)39/h13-14,17,23-24,26-30H,11-12,15-16H2,1-10H3/t17-,23-,24+,26+,27+,28-,29+,30-,32+,33+,34+/m0/s1. The van der Waals surface area contributed by atoms with Crippen LogP contribution in [0.1, 0.15) is 88.5 Å². The highest BCUT2D eigenvalue weighted by Crippen LogP contribution is 2.69. The van der Waals surface area contributed by atoms with Gasteiger partial charge in [0.15, 0.2) is 11.7 Å². The largest absolute Gasteiger partial charge is 0.462 e. The fourth-order valence-electron chi connectivity index (χ4n) is 9.22. The van der Waals surface area contributed by atoms with E-state index in [-0.39, 0.29) is 19.4 Å². The Kier molecular flexibility index (Phi) is 9.94. The van der Waals surface area contributed by atoms with Crippen LogP contribution >= 0.6 is 0 Å². The molecule has 1 heterocycles. The van der Waals surface area contributed by atoms with Crippen LogP contribution in [-0.4, -0.2) is 83.6 Å². The molecule has 0 N–H and O–H groups in total. The second-order valence-electron chi connectivity index (χ2n) is 14.2. The van der Waals surface area contributed by atoms with E-state index in [4.69, 9.17) is 33.2 Å². The van der Waals surface area contributed by atoms with E-state index in [0.29, 0.717) is 6.42 Å². The summed E-state index contributed by atoms with van der Waals surface area (Å²) < 4.78 is 43.5. The molecule has 0 unspecified atom stereocenters. The zero-order chi connectivity index (χ0) is 35.3. The van der Waals surface area contributed by atoms with E-state index in [1.807, 2.05) is 6.92 Å². The molecule has 0 radical (unpaired) electrons. The van der Waals surface area contributed by atoms with Crippen molar-refractivity contribution in [2.45, 2.75) is 130 Å². The molecule has 3 fully saturated rings. The average molecular weight is 665 g/mol. The Hall–Kier alpha value is -3.48. The maximum atomic E-state index is 13.5. The molecule has 11 atom stereocenters. The van der Waals surface area contributed by atoms with Crippen molar-refractivity contribution < 1.29 is 61.9 Å². The van der Waals surface area contributed by atoms with Gasteiger partial charge in [0.05, 0.1) is 17.9 Å². The van der Waals surface area contributed by atoms with E-state index in [2.05, 4.69) is 0 Å². The van der Waals surface area contributed by atoms with E-state index >= 15 is 0 Å². The van der Waals surface area contributed by atoms with Crippen LogP contribution < -0.4 is 0 Å². The van der Waals surface area contributed by atoms with E-state index < -0.39 is 106 Å². The molecule has 0 aromatic rings. The molecule has 2 bridgehead atoms. The Balaban J connectivity index is 2.18. The predicted octanol–water partition coefficient (Wildman–Crippen LogP) is 3.38. The molecule has 1 saturated heterocycles. The van der Waals surface area contributed by atoms with Crippen LogP contribution in [0.2, 0.25) is 0 Å². The van der Waals surface area contributed by atoms with Gasteiger partial charge in [-0.25, -0.2) is 0 Å². The molecule has 0 aromatic carbocycles. The van der Waals surface area contributed by atoms with Crippen LogP contribution in [0.4, 0.5) is 0 Å². The van der Waals surface area contributed by atoms with Crippen molar-refractivity contribution in [3.8, 4) is 0 Å². The quantitative estimate of drug-likeness (QED) is 0.200. The molecule has 0 spiro atoms. The summed E-state index contributed by atoms with van der Waals surface area (Å²) in [6, 6.07) is 0. The molecule has 0 amide bonds. The van der Waals surface area contributed by atoms with Crippen LogP contribution in [0.5, 0.6) is 0 Å². The minimum Gasteiger partial charge on any atom is -0.462 e. The summed E-state index contributed by atoms with van der Waals surface area (Å²) in [5.74, 6) is -6.94. The lowest BCUT2D eigenvalue weighted by Gasteiger charge is -2.53. The molecule has 4 rings (SSSR count). The Bertz CT molecular complexity index is 1340. The van der Waals surface area contributed by atoms with Crippen molar-refractivity contribution in [3.05, 3.63) is 12.2 Å². The van der Waals surface area contributed by atoms with Gasteiger partial charge in [-0.2, -0.15) is 0 Å². The summed E-state index contributed by atoms with van der Waals surface area (Å²) in [5.41, 5.74) is -5.93. The lowest BCUT2D eigenvalue weighted by atomic mass is 9.54. The smallest absolute Gasteiger partial charge is 0.306 e. The number of ether oxygens (including phenoxy) is 7. The fraction of sp³-hybridized carbons (Fsp3) is 0.765. The molecule has 4 aliphatic rings. The number of carbonyl (C=O) groups excluding carboxylic acids is 6. The minimum absolute atomic E-state index is 0.0395. The van der Waals surface area contributed by atoms with Crippen LogP contribution in [0.25, 0.3) is 0 Å². The Morgan fingerprint density at radius 2 is 1.47 bits per heavy atom. The Labute approximate surface area is 275 Å².